The minimum atomic E-state index is 0.356. The van der Waals surface area contributed by atoms with Gasteiger partial charge in [0.2, 0.25) is 0 Å². The van der Waals surface area contributed by atoms with E-state index in [0.29, 0.717) is 6.04 Å². The van der Waals surface area contributed by atoms with Crippen molar-refractivity contribution in [3.8, 4) is 0 Å². The molecule has 0 fully saturated rings. The molecule has 1 aliphatic heterocycles. The van der Waals surface area contributed by atoms with Crippen molar-refractivity contribution in [2.45, 2.75) is 17.4 Å². The van der Waals surface area contributed by atoms with E-state index < -0.39 is 0 Å². The first kappa shape index (κ1) is 7.19. The van der Waals surface area contributed by atoms with Crippen LogP contribution in [0, 0.1) is 6.92 Å². The Bertz CT molecular complexity index is 259. The minimum absolute atomic E-state index is 0.356. The van der Waals surface area contributed by atoms with Gasteiger partial charge in [0, 0.05) is 10.9 Å². The number of nitrogens with one attached hydrogen (secondary N) is 1. The third-order valence-electron chi connectivity index (χ3n) is 1.77. The summed E-state index contributed by atoms with van der Waals surface area (Å²) in [5.74, 6) is 0. The van der Waals surface area contributed by atoms with E-state index >= 15 is 0 Å². The molecule has 2 rings (SSSR count). The van der Waals surface area contributed by atoms with Gasteiger partial charge >= 0.3 is 0 Å². The molecule has 1 aliphatic rings. The van der Waals surface area contributed by atoms with Crippen LogP contribution in [0.4, 0.5) is 0 Å². The topological polar surface area (TPSA) is 12.0 Å². The van der Waals surface area contributed by atoms with Gasteiger partial charge in [0.05, 0.1) is 0 Å². The van der Waals surface area contributed by atoms with Gasteiger partial charge < -0.3 is 0 Å². The molecule has 11 heavy (non-hydrogen) atoms. The lowest BCUT2D eigenvalue weighted by molar-refractivity contribution is 0.725. The summed E-state index contributed by atoms with van der Waals surface area (Å²) < 4.78 is 3.24. The highest BCUT2D eigenvalue weighted by Crippen LogP contribution is 2.25. The predicted octanol–water partition coefficient (Wildman–Crippen LogP) is 2.04. The van der Waals surface area contributed by atoms with E-state index in [0.717, 1.165) is 6.42 Å². The van der Waals surface area contributed by atoms with Gasteiger partial charge in [-0.25, -0.2) is 0 Å². The van der Waals surface area contributed by atoms with Gasteiger partial charge in [0.15, 0.2) is 0 Å². The van der Waals surface area contributed by atoms with Crippen LogP contribution < -0.4 is 4.72 Å². The number of fused-ring (bicyclic) bond motifs is 1. The molecule has 2 heteroatoms. The van der Waals surface area contributed by atoms with Gasteiger partial charge in [0.25, 0.3) is 0 Å². The van der Waals surface area contributed by atoms with Crippen LogP contribution in [0.1, 0.15) is 5.56 Å². The van der Waals surface area contributed by atoms with Crippen LogP contribution in [-0.4, -0.2) is 6.04 Å². The van der Waals surface area contributed by atoms with Crippen LogP contribution in [0.25, 0.3) is 0 Å². The maximum atomic E-state index is 3.96. The second-order valence-electron chi connectivity index (χ2n) is 2.73. The second kappa shape index (κ2) is 2.88. The lowest BCUT2D eigenvalue weighted by atomic mass is 10.1. The second-order valence-corrected chi connectivity index (χ2v) is 3.61. The highest BCUT2D eigenvalue weighted by atomic mass is 32.2. The van der Waals surface area contributed by atoms with Crippen LogP contribution in [0.15, 0.2) is 29.2 Å². The van der Waals surface area contributed by atoms with Crippen molar-refractivity contribution in [2.24, 2.45) is 0 Å². The quantitative estimate of drug-likeness (QED) is 0.589. The molecule has 0 saturated heterocycles. The summed E-state index contributed by atoms with van der Waals surface area (Å²) in [7, 11) is 0. The summed E-state index contributed by atoms with van der Waals surface area (Å²) in [5, 5.41) is 0. The Morgan fingerprint density at radius 3 is 3.18 bits per heavy atom. The molecule has 1 radical (unpaired) electrons. The molecule has 1 atom stereocenters. The molecule has 0 saturated carbocycles. The first-order chi connectivity index (χ1) is 5.36. The van der Waals surface area contributed by atoms with Crippen molar-refractivity contribution in [3.05, 3.63) is 36.8 Å². The third kappa shape index (κ3) is 1.42. The Labute approximate surface area is 71.3 Å². The van der Waals surface area contributed by atoms with Crippen LogP contribution in [0.5, 0.6) is 0 Å². The van der Waals surface area contributed by atoms with E-state index in [1.807, 2.05) is 0 Å². The maximum Gasteiger partial charge on any atom is 0.0260 e. The number of rotatable bonds is 0. The van der Waals surface area contributed by atoms with Crippen LogP contribution >= 0.6 is 11.9 Å². The molecule has 1 aromatic carbocycles. The van der Waals surface area contributed by atoms with Gasteiger partial charge in [-0.2, -0.15) is 0 Å². The van der Waals surface area contributed by atoms with Gasteiger partial charge in [-0.3, -0.25) is 4.72 Å². The summed E-state index contributed by atoms with van der Waals surface area (Å²) in [6.07, 6.45) is 1.04. The van der Waals surface area contributed by atoms with Gasteiger partial charge in [-0.15, -0.1) is 0 Å². The molecule has 1 heterocycles. The smallest absolute Gasteiger partial charge is 0.0260 e. The molecule has 0 amide bonds. The standard InChI is InChI=1S/C9H10NS/c1-7-6-8-4-2-3-5-9(8)11-10-7/h2-5,7,10H,1,6H2. The Hall–Kier alpha value is -0.470. The molecule has 0 spiro atoms. The molecule has 0 bridgehead atoms. The van der Waals surface area contributed by atoms with Crippen molar-refractivity contribution in [3.63, 3.8) is 0 Å². The number of hydrogen-bond acceptors (Lipinski definition) is 2. The van der Waals surface area contributed by atoms with Gasteiger partial charge in [-0.1, -0.05) is 18.2 Å². The SMILES string of the molecule is [CH2]C1Cc2ccccc2SN1. The van der Waals surface area contributed by atoms with Crippen molar-refractivity contribution >= 4 is 11.9 Å². The Morgan fingerprint density at radius 2 is 2.27 bits per heavy atom. The number of benzene rings is 1. The molecule has 57 valence electrons. The summed E-state index contributed by atoms with van der Waals surface area (Å²) in [6.45, 7) is 3.96. The van der Waals surface area contributed by atoms with E-state index in [1.165, 1.54) is 10.5 Å². The van der Waals surface area contributed by atoms with Crippen LogP contribution in [-0.2, 0) is 6.42 Å². The summed E-state index contributed by atoms with van der Waals surface area (Å²) in [5.41, 5.74) is 1.41. The zero-order valence-corrected chi connectivity index (χ0v) is 7.03. The molecule has 1 N–H and O–H groups in total. The molecular formula is C9H10NS. The fourth-order valence-corrected chi connectivity index (χ4v) is 2.03. The largest absolute Gasteiger partial charge is 0.256 e. The van der Waals surface area contributed by atoms with E-state index in [-0.39, 0.29) is 0 Å². The fourth-order valence-electron chi connectivity index (χ4n) is 1.23. The summed E-state index contributed by atoms with van der Waals surface area (Å²) in [6, 6.07) is 8.81. The molecule has 1 nitrogen and oxygen atoms in total. The van der Waals surface area contributed by atoms with Crippen LogP contribution in [0.2, 0.25) is 0 Å². The first-order valence-electron chi connectivity index (χ1n) is 3.69. The molecular weight excluding hydrogens is 154 g/mol. The Balaban J connectivity index is 2.34. The molecule has 0 aliphatic carbocycles. The molecule has 1 unspecified atom stereocenters. The van der Waals surface area contributed by atoms with Crippen molar-refractivity contribution in [2.75, 3.05) is 0 Å². The van der Waals surface area contributed by atoms with Crippen molar-refractivity contribution in [1.29, 1.82) is 0 Å². The van der Waals surface area contributed by atoms with Crippen LogP contribution in [0.3, 0.4) is 0 Å². The highest BCUT2D eigenvalue weighted by Gasteiger charge is 2.13. The average molecular weight is 164 g/mol. The minimum Gasteiger partial charge on any atom is -0.256 e. The fraction of sp³-hybridized carbons (Fsp3) is 0.222. The Morgan fingerprint density at radius 1 is 1.45 bits per heavy atom. The van der Waals surface area contributed by atoms with E-state index in [2.05, 4.69) is 35.9 Å². The monoisotopic (exact) mass is 164 g/mol. The van der Waals surface area contributed by atoms with Gasteiger partial charge in [0.1, 0.15) is 0 Å². The first-order valence-corrected chi connectivity index (χ1v) is 4.51. The van der Waals surface area contributed by atoms with Gasteiger partial charge in [-0.05, 0) is 36.9 Å². The van der Waals surface area contributed by atoms with Crippen molar-refractivity contribution in [1.82, 2.24) is 4.72 Å². The lowest BCUT2D eigenvalue weighted by Crippen LogP contribution is -2.26. The van der Waals surface area contributed by atoms with E-state index in [1.54, 1.807) is 11.9 Å². The predicted molar refractivity (Wildman–Crippen MR) is 48.3 cm³/mol. The zero-order valence-electron chi connectivity index (χ0n) is 6.21. The molecule has 0 aromatic heterocycles. The van der Waals surface area contributed by atoms with E-state index in [4.69, 9.17) is 0 Å². The van der Waals surface area contributed by atoms with Crippen molar-refractivity contribution < 1.29 is 0 Å². The lowest BCUT2D eigenvalue weighted by Gasteiger charge is -2.21. The highest BCUT2D eigenvalue weighted by molar-refractivity contribution is 7.97. The Kier molecular flexibility index (Phi) is 1.88. The summed E-state index contributed by atoms with van der Waals surface area (Å²) in [4.78, 5) is 1.34. The normalized spacial score (nSPS) is 22.8. The maximum absolute atomic E-state index is 3.96. The average Bonchev–Trinajstić information content (AvgIpc) is 2.04. The number of hydrogen-bond donors (Lipinski definition) is 1. The van der Waals surface area contributed by atoms with E-state index in [9.17, 15) is 0 Å². The summed E-state index contributed by atoms with van der Waals surface area (Å²) >= 11 is 1.68. The molecule has 1 aromatic rings. The zero-order chi connectivity index (χ0) is 7.68. The third-order valence-corrected chi connectivity index (χ3v) is 2.84.